The highest BCUT2D eigenvalue weighted by molar-refractivity contribution is 6.33. The van der Waals surface area contributed by atoms with Crippen molar-refractivity contribution >= 4 is 17.3 Å². The molecule has 1 atom stereocenters. The summed E-state index contributed by atoms with van der Waals surface area (Å²) in [6, 6.07) is 3.99. The van der Waals surface area contributed by atoms with Crippen LogP contribution >= 0.6 is 11.6 Å². The predicted octanol–water partition coefficient (Wildman–Crippen LogP) is 5.32. The molecule has 0 aliphatic heterocycles. The Morgan fingerprint density at radius 1 is 1.32 bits per heavy atom. The van der Waals surface area contributed by atoms with E-state index in [1.54, 1.807) is 0 Å². The Labute approximate surface area is 144 Å². The van der Waals surface area contributed by atoms with Gasteiger partial charge in [-0.1, -0.05) is 17.7 Å². The molecule has 1 heterocycles. The maximum atomic E-state index is 13.7. The molecule has 1 aromatic heterocycles. The lowest BCUT2D eigenvalue weighted by molar-refractivity contribution is -0.147. The van der Waals surface area contributed by atoms with Crippen LogP contribution in [0.5, 0.6) is 0 Å². The summed E-state index contributed by atoms with van der Waals surface area (Å²) < 4.78 is 68.4. The molecule has 1 aliphatic carbocycles. The second-order valence-corrected chi connectivity index (χ2v) is 6.09. The number of fused-ring (bicyclic) bond motifs is 1. The largest absolute Gasteiger partial charge is 0.418 e. The number of aromatic nitrogens is 1. The minimum atomic E-state index is -4.90. The smallest absolute Gasteiger partial charge is 0.382 e. The van der Waals surface area contributed by atoms with Crippen LogP contribution in [-0.2, 0) is 12.6 Å². The maximum absolute atomic E-state index is 13.7. The molecule has 2 aromatic rings. The summed E-state index contributed by atoms with van der Waals surface area (Å²) in [6.07, 6.45) is -7.86. The summed E-state index contributed by atoms with van der Waals surface area (Å²) in [4.78, 5) is 3.16. The van der Waals surface area contributed by atoms with Crippen molar-refractivity contribution in [3.63, 3.8) is 0 Å². The van der Waals surface area contributed by atoms with Crippen molar-refractivity contribution in [3.8, 4) is 5.69 Å². The number of nitrogens with zero attached hydrogens (tertiary/aromatic N) is 2. The van der Waals surface area contributed by atoms with E-state index in [0.29, 0.717) is 6.20 Å². The number of hydrogen-bond donors (Lipinski definition) is 1. The highest BCUT2D eigenvalue weighted by atomic mass is 35.5. The van der Waals surface area contributed by atoms with Crippen LogP contribution in [-0.4, -0.2) is 15.6 Å². The second-order valence-electron chi connectivity index (χ2n) is 5.68. The van der Waals surface area contributed by atoms with Crippen molar-refractivity contribution in [1.82, 2.24) is 4.57 Å². The minimum absolute atomic E-state index is 0.0326. The molecule has 0 spiro atoms. The van der Waals surface area contributed by atoms with Crippen LogP contribution in [0.3, 0.4) is 0 Å². The molecule has 3 nitrogen and oxygen atoms in total. The van der Waals surface area contributed by atoms with E-state index in [-0.39, 0.29) is 28.5 Å². The predicted molar refractivity (Wildman–Crippen MR) is 80.3 cm³/mol. The molecule has 1 aliphatic rings. The van der Waals surface area contributed by atoms with Gasteiger partial charge >= 0.3 is 6.18 Å². The van der Waals surface area contributed by atoms with E-state index in [1.165, 1.54) is 18.2 Å². The van der Waals surface area contributed by atoms with Gasteiger partial charge < -0.3 is 9.67 Å². The second kappa shape index (κ2) is 5.71. The van der Waals surface area contributed by atoms with Crippen molar-refractivity contribution < 1.29 is 27.1 Å². The van der Waals surface area contributed by atoms with E-state index in [4.69, 9.17) is 18.2 Å². The lowest BCUT2D eigenvalue weighted by Crippen LogP contribution is -2.33. The average Bonchev–Trinajstić information content (AvgIpc) is 2.91. The first kappa shape index (κ1) is 17.7. The summed E-state index contributed by atoms with van der Waals surface area (Å²) in [5.41, 5.74) is -1.85. The van der Waals surface area contributed by atoms with Gasteiger partial charge in [0.2, 0.25) is 5.69 Å². The maximum Gasteiger partial charge on any atom is 0.418 e. The average molecular weight is 377 g/mol. The first-order valence-corrected chi connectivity index (χ1v) is 7.48. The first-order chi connectivity index (χ1) is 11.6. The Kier molecular flexibility index (Phi) is 4.05. The zero-order chi connectivity index (χ0) is 18.6. The molecular formula is C16H10ClF5N2O. The van der Waals surface area contributed by atoms with Crippen LogP contribution in [0.4, 0.5) is 27.6 Å². The first-order valence-electron chi connectivity index (χ1n) is 7.11. The lowest BCUT2D eigenvalue weighted by Gasteiger charge is -2.29. The molecule has 0 fully saturated rings. The Morgan fingerprint density at radius 3 is 2.56 bits per heavy atom. The number of halogens is 6. The van der Waals surface area contributed by atoms with Gasteiger partial charge in [0.25, 0.3) is 5.92 Å². The third kappa shape index (κ3) is 2.87. The Balaban J connectivity index is 2.24. The molecule has 1 N–H and O–H groups in total. The van der Waals surface area contributed by atoms with E-state index < -0.39 is 35.8 Å². The van der Waals surface area contributed by atoms with Gasteiger partial charge in [-0.2, -0.15) is 13.2 Å². The molecule has 1 unspecified atom stereocenters. The minimum Gasteiger partial charge on any atom is -0.382 e. The zero-order valence-corrected chi connectivity index (χ0v) is 13.2. The molecule has 0 saturated carbocycles. The van der Waals surface area contributed by atoms with E-state index >= 15 is 0 Å². The summed E-state index contributed by atoms with van der Waals surface area (Å²) in [6.45, 7) is 6.94. The molecule has 0 saturated heterocycles. The summed E-state index contributed by atoms with van der Waals surface area (Å²) in [5.74, 6) is -3.63. The molecule has 9 heteroatoms. The van der Waals surface area contributed by atoms with Crippen molar-refractivity contribution in [1.29, 1.82) is 0 Å². The Hall–Kier alpha value is -2.11. The molecular weight excluding hydrogens is 367 g/mol. The number of hydrogen-bond acceptors (Lipinski definition) is 1. The molecule has 3 rings (SSSR count). The van der Waals surface area contributed by atoms with Crippen LogP contribution in [0.2, 0.25) is 5.02 Å². The number of rotatable bonds is 1. The third-order valence-electron chi connectivity index (χ3n) is 4.15. The fourth-order valence-electron chi connectivity index (χ4n) is 2.95. The Morgan fingerprint density at radius 2 is 2.00 bits per heavy atom. The number of benzene rings is 1. The molecule has 1 aromatic carbocycles. The summed E-state index contributed by atoms with van der Waals surface area (Å²) in [7, 11) is 0. The molecule has 0 bridgehead atoms. The van der Waals surface area contributed by atoms with E-state index in [9.17, 15) is 27.1 Å². The van der Waals surface area contributed by atoms with Crippen LogP contribution in [0.25, 0.3) is 10.5 Å². The van der Waals surface area contributed by atoms with Crippen LogP contribution in [0, 0.1) is 6.57 Å². The van der Waals surface area contributed by atoms with Crippen LogP contribution in [0.15, 0.2) is 24.4 Å². The summed E-state index contributed by atoms with van der Waals surface area (Å²) in [5, 5.41) is 9.83. The van der Waals surface area contributed by atoms with Crippen molar-refractivity contribution in [2.75, 3.05) is 0 Å². The number of aliphatic hydroxyl groups is 1. The van der Waals surface area contributed by atoms with Gasteiger partial charge in [-0.05, 0) is 18.6 Å². The fourth-order valence-corrected chi connectivity index (χ4v) is 3.16. The van der Waals surface area contributed by atoms with Gasteiger partial charge in [-0.3, -0.25) is 0 Å². The molecule has 132 valence electrons. The lowest BCUT2D eigenvalue weighted by atomic mass is 9.89. The van der Waals surface area contributed by atoms with Gasteiger partial charge in [-0.25, -0.2) is 13.6 Å². The SMILES string of the molecule is [C-]#[N+]c1ccc(-n2cc(C(F)(F)F)c3c2CCC(F)(F)C3O)cc1Cl. The van der Waals surface area contributed by atoms with E-state index in [0.717, 1.165) is 4.57 Å². The molecule has 25 heavy (non-hydrogen) atoms. The highest BCUT2D eigenvalue weighted by Gasteiger charge is 2.50. The standard InChI is InChI=1S/C16H10ClF5N2O/c1-23-11-3-2-8(6-10(11)17)24-7-9(16(20,21)22)13-12(24)4-5-15(18,19)14(13)25/h2-3,6-7,14,25H,4-5H2. The fraction of sp³-hybridized carbons (Fsp3) is 0.312. The highest BCUT2D eigenvalue weighted by Crippen LogP contribution is 2.48. The monoisotopic (exact) mass is 376 g/mol. The van der Waals surface area contributed by atoms with Gasteiger partial charge in [0, 0.05) is 34.6 Å². The summed E-state index contributed by atoms with van der Waals surface area (Å²) >= 11 is 5.91. The number of aliphatic hydroxyl groups excluding tert-OH is 1. The van der Waals surface area contributed by atoms with Crippen molar-refractivity contribution in [2.24, 2.45) is 0 Å². The van der Waals surface area contributed by atoms with Crippen LogP contribution in [0.1, 0.15) is 29.3 Å². The molecule has 0 amide bonds. The van der Waals surface area contributed by atoms with Gasteiger partial charge in [0.1, 0.15) is 6.10 Å². The Bertz CT molecular complexity index is 882. The zero-order valence-electron chi connectivity index (χ0n) is 12.4. The quantitative estimate of drug-likeness (QED) is 0.530. The van der Waals surface area contributed by atoms with Gasteiger partial charge in [-0.15, -0.1) is 0 Å². The third-order valence-corrected chi connectivity index (χ3v) is 4.46. The topological polar surface area (TPSA) is 29.5 Å². The normalized spacial score (nSPS) is 19.4. The number of alkyl halides is 5. The van der Waals surface area contributed by atoms with Crippen LogP contribution < -0.4 is 0 Å². The van der Waals surface area contributed by atoms with Crippen molar-refractivity contribution in [2.45, 2.75) is 31.0 Å². The van der Waals surface area contributed by atoms with Gasteiger partial charge in [0.05, 0.1) is 12.1 Å². The van der Waals surface area contributed by atoms with E-state index in [1.807, 2.05) is 0 Å². The molecule has 0 radical (unpaired) electrons. The van der Waals surface area contributed by atoms with E-state index in [2.05, 4.69) is 4.85 Å². The van der Waals surface area contributed by atoms with Crippen molar-refractivity contribution in [3.05, 3.63) is 57.7 Å². The van der Waals surface area contributed by atoms with Gasteiger partial charge in [0.15, 0.2) is 0 Å².